The predicted molar refractivity (Wildman–Crippen MR) is 130 cm³/mol. The molecule has 2 N–H and O–H groups in total. The molecule has 0 radical (unpaired) electrons. The van der Waals surface area contributed by atoms with E-state index in [1.165, 1.54) is 11.1 Å². The van der Waals surface area contributed by atoms with E-state index in [1.807, 2.05) is 24.3 Å². The van der Waals surface area contributed by atoms with Crippen LogP contribution in [0.15, 0.2) is 84.9 Å². The van der Waals surface area contributed by atoms with Crippen molar-refractivity contribution in [2.75, 3.05) is 19.7 Å². The van der Waals surface area contributed by atoms with E-state index in [0.29, 0.717) is 19.6 Å². The molecule has 0 spiro atoms. The van der Waals surface area contributed by atoms with Gasteiger partial charge in [0.05, 0.1) is 12.6 Å². The van der Waals surface area contributed by atoms with Gasteiger partial charge in [-0.15, -0.1) is 0 Å². The summed E-state index contributed by atoms with van der Waals surface area (Å²) in [7, 11) is 0. The first-order valence-corrected chi connectivity index (χ1v) is 11.7. The number of nitrogens with one attached hydrogen (secondary N) is 1. The minimum absolute atomic E-state index is 0.0444. The van der Waals surface area contributed by atoms with Crippen LogP contribution in [0.2, 0.25) is 0 Å². The minimum Gasteiger partial charge on any atom is -0.508 e. The molecule has 1 aliphatic heterocycles. The van der Waals surface area contributed by atoms with Crippen LogP contribution in [0.3, 0.4) is 0 Å². The summed E-state index contributed by atoms with van der Waals surface area (Å²) >= 11 is 0. The number of phenolic OH excluding ortho intramolecular Hbond substituents is 1. The molecular weight excluding hydrogens is 412 g/mol. The second-order valence-electron chi connectivity index (χ2n) is 8.54. The summed E-state index contributed by atoms with van der Waals surface area (Å²) in [4.78, 5) is 14.9. The van der Waals surface area contributed by atoms with Crippen molar-refractivity contribution in [3.8, 4) is 5.75 Å². The quantitative estimate of drug-likeness (QED) is 0.470. The largest absolute Gasteiger partial charge is 0.508 e. The molecule has 0 aromatic heterocycles. The zero-order valence-electron chi connectivity index (χ0n) is 18.9. The summed E-state index contributed by atoms with van der Waals surface area (Å²) in [5, 5.41) is 13.3. The first-order chi connectivity index (χ1) is 16.2. The molecule has 1 aliphatic rings. The van der Waals surface area contributed by atoms with Crippen LogP contribution in [0.1, 0.15) is 41.9 Å². The van der Waals surface area contributed by atoms with Gasteiger partial charge in [0.1, 0.15) is 5.75 Å². The standard InChI is InChI=1S/C28H32N2O3/c31-27-16-8-7-14-24(27)20-30(21-25-15-9-19-33-25)28(32)29-18-17-26(22-10-3-1-4-11-22)23-12-5-2-6-13-23/h1-8,10-14,16,25-26,31H,9,15,17-21H2,(H,29,32). The molecule has 1 unspecified atom stereocenters. The number of carbonyl (C=O) groups is 1. The van der Waals surface area contributed by atoms with E-state index in [9.17, 15) is 9.90 Å². The summed E-state index contributed by atoms with van der Waals surface area (Å²) in [6.45, 7) is 2.16. The van der Waals surface area contributed by atoms with Crippen molar-refractivity contribution in [3.63, 3.8) is 0 Å². The molecule has 5 heteroatoms. The number of para-hydroxylation sites is 1. The smallest absolute Gasteiger partial charge is 0.317 e. The Kier molecular flexibility index (Phi) is 7.99. The molecule has 1 atom stereocenters. The lowest BCUT2D eigenvalue weighted by atomic mass is 9.88. The Morgan fingerprint density at radius 1 is 0.970 bits per heavy atom. The molecule has 1 fully saturated rings. The number of ether oxygens (including phenoxy) is 1. The Bertz CT molecular complexity index is 964. The van der Waals surface area contributed by atoms with E-state index in [4.69, 9.17) is 4.74 Å². The highest BCUT2D eigenvalue weighted by molar-refractivity contribution is 5.74. The highest BCUT2D eigenvalue weighted by atomic mass is 16.5. The Labute approximate surface area is 196 Å². The summed E-state index contributed by atoms with van der Waals surface area (Å²) < 4.78 is 5.78. The summed E-state index contributed by atoms with van der Waals surface area (Å²) in [5.74, 6) is 0.411. The number of benzene rings is 3. The van der Waals surface area contributed by atoms with Gasteiger partial charge >= 0.3 is 6.03 Å². The van der Waals surface area contributed by atoms with Gasteiger partial charge in [-0.05, 0) is 36.5 Å². The second-order valence-corrected chi connectivity index (χ2v) is 8.54. The molecule has 3 aromatic rings. The van der Waals surface area contributed by atoms with Gasteiger partial charge in [-0.3, -0.25) is 0 Å². The summed E-state index contributed by atoms with van der Waals surface area (Å²) in [6, 6.07) is 27.9. The van der Waals surface area contributed by atoms with Gasteiger partial charge in [-0.25, -0.2) is 4.79 Å². The van der Waals surface area contributed by atoms with Crippen LogP contribution in [0.5, 0.6) is 5.75 Å². The van der Waals surface area contributed by atoms with E-state index < -0.39 is 0 Å². The molecular formula is C28H32N2O3. The topological polar surface area (TPSA) is 61.8 Å². The van der Waals surface area contributed by atoms with Crippen molar-refractivity contribution < 1.29 is 14.6 Å². The maximum absolute atomic E-state index is 13.2. The molecule has 0 bridgehead atoms. The molecule has 2 amide bonds. The molecule has 1 heterocycles. The van der Waals surface area contributed by atoms with Gasteiger partial charge in [0.15, 0.2) is 0 Å². The monoisotopic (exact) mass is 444 g/mol. The number of urea groups is 1. The number of carbonyl (C=O) groups excluding carboxylic acids is 1. The van der Waals surface area contributed by atoms with Crippen molar-refractivity contribution in [1.29, 1.82) is 0 Å². The van der Waals surface area contributed by atoms with Crippen molar-refractivity contribution in [1.82, 2.24) is 10.2 Å². The number of amides is 2. The molecule has 4 rings (SSSR count). The molecule has 0 saturated carbocycles. The number of nitrogens with zero attached hydrogens (tertiary/aromatic N) is 1. The van der Waals surface area contributed by atoms with Gasteiger partial charge in [-0.2, -0.15) is 0 Å². The van der Waals surface area contributed by atoms with E-state index in [0.717, 1.165) is 31.4 Å². The second kappa shape index (κ2) is 11.5. The number of aromatic hydroxyl groups is 1. The predicted octanol–water partition coefficient (Wildman–Crippen LogP) is 5.31. The van der Waals surface area contributed by atoms with Crippen molar-refractivity contribution >= 4 is 6.03 Å². The van der Waals surface area contributed by atoms with E-state index >= 15 is 0 Å². The number of hydrogen-bond donors (Lipinski definition) is 2. The van der Waals surface area contributed by atoms with Crippen molar-refractivity contribution in [2.45, 2.75) is 37.8 Å². The van der Waals surface area contributed by atoms with Gasteiger partial charge < -0.3 is 20.1 Å². The molecule has 33 heavy (non-hydrogen) atoms. The zero-order chi connectivity index (χ0) is 22.9. The first-order valence-electron chi connectivity index (χ1n) is 11.7. The minimum atomic E-state index is -0.131. The Balaban J connectivity index is 1.42. The van der Waals surface area contributed by atoms with Gasteiger partial charge in [0, 0.05) is 31.2 Å². The highest BCUT2D eigenvalue weighted by Gasteiger charge is 2.24. The Morgan fingerprint density at radius 3 is 2.21 bits per heavy atom. The van der Waals surface area contributed by atoms with Crippen molar-refractivity contribution in [3.05, 3.63) is 102 Å². The van der Waals surface area contributed by atoms with E-state index in [-0.39, 0.29) is 23.8 Å². The van der Waals surface area contributed by atoms with Crippen LogP contribution in [0.25, 0.3) is 0 Å². The van der Waals surface area contributed by atoms with Crippen LogP contribution in [-0.2, 0) is 11.3 Å². The average Bonchev–Trinajstić information content (AvgIpc) is 3.37. The highest BCUT2D eigenvalue weighted by Crippen LogP contribution is 2.27. The normalized spacial score (nSPS) is 15.5. The van der Waals surface area contributed by atoms with Gasteiger partial charge in [0.25, 0.3) is 0 Å². The number of rotatable bonds is 9. The lowest BCUT2D eigenvalue weighted by molar-refractivity contribution is 0.0793. The maximum Gasteiger partial charge on any atom is 0.317 e. The number of phenols is 1. The zero-order valence-corrected chi connectivity index (χ0v) is 18.9. The first kappa shape index (κ1) is 22.9. The Hall–Kier alpha value is -3.31. The fourth-order valence-corrected chi connectivity index (χ4v) is 4.44. The number of hydrogen-bond acceptors (Lipinski definition) is 3. The third-order valence-corrected chi connectivity index (χ3v) is 6.20. The van der Waals surface area contributed by atoms with Crippen LogP contribution in [0.4, 0.5) is 4.79 Å². The Morgan fingerprint density at radius 2 is 1.61 bits per heavy atom. The SMILES string of the molecule is O=C(NCCC(c1ccccc1)c1ccccc1)N(Cc1ccccc1O)CC1CCCO1. The third-order valence-electron chi connectivity index (χ3n) is 6.20. The van der Waals surface area contributed by atoms with Crippen LogP contribution in [0, 0.1) is 0 Å². The molecule has 3 aromatic carbocycles. The average molecular weight is 445 g/mol. The fourth-order valence-electron chi connectivity index (χ4n) is 4.44. The van der Waals surface area contributed by atoms with Gasteiger partial charge in [-0.1, -0.05) is 78.9 Å². The van der Waals surface area contributed by atoms with Crippen LogP contribution < -0.4 is 5.32 Å². The molecule has 5 nitrogen and oxygen atoms in total. The lowest BCUT2D eigenvalue weighted by Gasteiger charge is -2.27. The fraction of sp³-hybridized carbons (Fsp3) is 0.321. The molecule has 1 saturated heterocycles. The summed E-state index contributed by atoms with van der Waals surface area (Å²) in [5.41, 5.74) is 3.21. The van der Waals surface area contributed by atoms with Crippen molar-refractivity contribution in [2.24, 2.45) is 0 Å². The third kappa shape index (κ3) is 6.36. The van der Waals surface area contributed by atoms with Gasteiger partial charge in [0.2, 0.25) is 0 Å². The van der Waals surface area contributed by atoms with Crippen LogP contribution >= 0.6 is 0 Å². The van der Waals surface area contributed by atoms with Crippen LogP contribution in [-0.4, -0.2) is 41.8 Å². The van der Waals surface area contributed by atoms with E-state index in [2.05, 4.69) is 53.8 Å². The van der Waals surface area contributed by atoms with E-state index in [1.54, 1.807) is 17.0 Å². The molecule has 172 valence electrons. The molecule has 0 aliphatic carbocycles. The summed E-state index contributed by atoms with van der Waals surface area (Å²) in [6.07, 6.45) is 2.81. The lowest BCUT2D eigenvalue weighted by Crippen LogP contribution is -2.43. The maximum atomic E-state index is 13.2.